The van der Waals surface area contributed by atoms with Crippen LogP contribution in [0.3, 0.4) is 0 Å². The highest BCUT2D eigenvalue weighted by Crippen LogP contribution is 2.61. The van der Waals surface area contributed by atoms with Crippen molar-refractivity contribution in [2.75, 3.05) is 30.5 Å². The summed E-state index contributed by atoms with van der Waals surface area (Å²) >= 11 is 13.8. The average Bonchev–Trinajstić information content (AvgIpc) is 2.88. The maximum Gasteiger partial charge on any atom is 0.339 e. The first-order chi connectivity index (χ1) is 18.0. The first-order valence-electron chi connectivity index (χ1n) is 11.2. The molecule has 0 unspecified atom stereocenters. The lowest BCUT2D eigenvalue weighted by molar-refractivity contribution is 0.101. The topological polar surface area (TPSA) is 118 Å². The Labute approximate surface area is 235 Å². The molecule has 0 saturated heterocycles. The number of hydrogen-bond acceptors (Lipinski definition) is 6. The molecule has 0 fully saturated rings. The molecule has 0 heterocycles. The van der Waals surface area contributed by atoms with E-state index >= 15 is 0 Å². The quantitative estimate of drug-likeness (QED) is 0.194. The standard InChI is InChI=1S/C26H25N3O4.Cl3OP/c1-3-32-14-15-33-23-12-9-21(10-13-23)26(31)29-24-16-22(11-4-18(24)2)28-25(30)20-7-5-19(17-27)6-8-20;1-5(2,3)4/h4-13,16H,3,14-15H2,1-2H3,(H,28,30)(H,29,31);. The number of nitrogens with one attached hydrogen (secondary N) is 2. The van der Waals surface area contributed by atoms with E-state index in [0.29, 0.717) is 53.6 Å². The number of ether oxygens (including phenoxy) is 2. The molecule has 0 aliphatic heterocycles. The third-order valence-electron chi connectivity index (χ3n) is 4.84. The fraction of sp³-hybridized carbons (Fsp3) is 0.192. The van der Waals surface area contributed by atoms with Crippen LogP contribution in [0.25, 0.3) is 0 Å². The van der Waals surface area contributed by atoms with Crippen LogP contribution in [-0.4, -0.2) is 31.6 Å². The van der Waals surface area contributed by atoms with Crippen molar-refractivity contribution in [2.24, 2.45) is 0 Å². The number of carbonyl (C=O) groups excluding carboxylic acids is 2. The molecule has 0 saturated carbocycles. The summed E-state index contributed by atoms with van der Waals surface area (Å²) in [4.78, 5) is 25.2. The maximum absolute atomic E-state index is 12.7. The Kier molecular flexibility index (Phi) is 12.6. The van der Waals surface area contributed by atoms with E-state index in [9.17, 15) is 14.2 Å². The summed E-state index contributed by atoms with van der Waals surface area (Å²) in [5.74, 6) is 0.0880. The Morgan fingerprint density at radius 1 is 0.895 bits per heavy atom. The Morgan fingerprint density at radius 2 is 1.45 bits per heavy atom. The van der Waals surface area contributed by atoms with E-state index in [1.807, 2.05) is 26.0 Å². The average molecular weight is 597 g/mol. The lowest BCUT2D eigenvalue weighted by Crippen LogP contribution is -2.15. The molecule has 3 aromatic rings. The van der Waals surface area contributed by atoms with Crippen LogP contribution in [0.4, 0.5) is 11.4 Å². The predicted octanol–water partition coefficient (Wildman–Crippen LogP) is 7.60. The van der Waals surface area contributed by atoms with Gasteiger partial charge in [-0.3, -0.25) is 14.2 Å². The van der Waals surface area contributed by atoms with Gasteiger partial charge in [0.15, 0.2) is 0 Å². The van der Waals surface area contributed by atoms with Gasteiger partial charge in [-0.2, -0.15) is 5.26 Å². The van der Waals surface area contributed by atoms with E-state index in [1.165, 1.54) is 0 Å². The van der Waals surface area contributed by atoms with Crippen LogP contribution in [-0.2, 0) is 9.30 Å². The third kappa shape index (κ3) is 11.6. The van der Waals surface area contributed by atoms with Crippen LogP contribution in [0.15, 0.2) is 66.7 Å². The summed E-state index contributed by atoms with van der Waals surface area (Å²) in [5.41, 5.74) is 3.40. The lowest BCUT2D eigenvalue weighted by atomic mass is 10.1. The van der Waals surface area contributed by atoms with Gasteiger partial charge < -0.3 is 20.1 Å². The number of aryl methyl sites for hydroxylation is 1. The molecule has 2 N–H and O–H groups in total. The van der Waals surface area contributed by atoms with Gasteiger partial charge in [-0.1, -0.05) is 6.07 Å². The molecule has 2 amide bonds. The van der Waals surface area contributed by atoms with Gasteiger partial charge in [0.2, 0.25) is 0 Å². The van der Waals surface area contributed by atoms with Crippen molar-refractivity contribution in [2.45, 2.75) is 13.8 Å². The van der Waals surface area contributed by atoms with E-state index in [2.05, 4.69) is 44.4 Å². The van der Waals surface area contributed by atoms with E-state index in [-0.39, 0.29) is 11.8 Å². The van der Waals surface area contributed by atoms with E-state index < -0.39 is 5.20 Å². The van der Waals surface area contributed by atoms with Crippen molar-refractivity contribution in [3.8, 4) is 11.8 Å². The fourth-order valence-electron chi connectivity index (χ4n) is 2.99. The Hall–Kier alpha value is -3.05. The van der Waals surface area contributed by atoms with Gasteiger partial charge in [0.05, 0.1) is 18.2 Å². The van der Waals surface area contributed by atoms with Crippen LogP contribution >= 0.6 is 38.9 Å². The largest absolute Gasteiger partial charge is 0.491 e. The molecule has 0 spiro atoms. The Morgan fingerprint density at radius 3 is 2.00 bits per heavy atom. The molecule has 3 aromatic carbocycles. The molecule has 8 nitrogen and oxygen atoms in total. The minimum atomic E-state index is -3.22. The minimum absolute atomic E-state index is 0.269. The second kappa shape index (κ2) is 15.4. The molecule has 38 heavy (non-hydrogen) atoms. The fourth-order valence-corrected chi connectivity index (χ4v) is 2.99. The van der Waals surface area contributed by atoms with E-state index in [1.54, 1.807) is 60.7 Å². The second-order valence-corrected chi connectivity index (χ2v) is 14.2. The van der Waals surface area contributed by atoms with E-state index in [0.717, 1.165) is 5.56 Å². The lowest BCUT2D eigenvalue weighted by Gasteiger charge is -2.12. The number of halogens is 3. The van der Waals surface area contributed by atoms with Gasteiger partial charge in [-0.15, -0.1) is 0 Å². The number of nitrogens with zero attached hydrogens (tertiary/aromatic N) is 1. The monoisotopic (exact) mass is 595 g/mol. The van der Waals surface area contributed by atoms with Crippen molar-refractivity contribution in [1.82, 2.24) is 0 Å². The number of amides is 2. The van der Waals surface area contributed by atoms with Crippen LogP contribution < -0.4 is 15.4 Å². The van der Waals surface area contributed by atoms with Crippen molar-refractivity contribution >= 4 is 62.1 Å². The zero-order valence-electron chi connectivity index (χ0n) is 20.5. The first kappa shape index (κ1) is 31.2. The molecule has 12 heteroatoms. The molecular formula is C26H25Cl3N3O5P. The predicted molar refractivity (Wildman–Crippen MR) is 152 cm³/mol. The summed E-state index contributed by atoms with van der Waals surface area (Å²) in [7, 11) is 0. The number of rotatable bonds is 9. The molecule has 3 rings (SSSR count). The SMILES string of the molecule is CCOCCOc1ccc(C(=O)Nc2cc(NC(=O)c3ccc(C#N)cc3)ccc2C)cc1.O=P(Cl)(Cl)Cl. The van der Waals surface area contributed by atoms with Gasteiger partial charge in [-0.05, 0) is 114 Å². The van der Waals surface area contributed by atoms with Gasteiger partial charge in [0.1, 0.15) is 12.4 Å². The van der Waals surface area contributed by atoms with Gasteiger partial charge >= 0.3 is 5.20 Å². The zero-order valence-corrected chi connectivity index (χ0v) is 23.7. The number of anilines is 2. The summed E-state index contributed by atoms with van der Waals surface area (Å²) in [5, 5.41) is 11.4. The maximum atomic E-state index is 12.7. The van der Waals surface area contributed by atoms with Crippen LogP contribution in [0.5, 0.6) is 5.75 Å². The van der Waals surface area contributed by atoms with Crippen molar-refractivity contribution in [3.63, 3.8) is 0 Å². The highest BCUT2D eigenvalue weighted by molar-refractivity contribution is 8.24. The van der Waals surface area contributed by atoms with Crippen LogP contribution in [0.1, 0.15) is 38.8 Å². The summed E-state index contributed by atoms with van der Waals surface area (Å²) < 4.78 is 20.3. The van der Waals surface area contributed by atoms with Crippen molar-refractivity contribution < 1.29 is 23.6 Å². The normalized spacial score (nSPS) is 10.4. The summed E-state index contributed by atoms with van der Waals surface area (Å²) in [6.45, 7) is 5.39. The first-order valence-corrected chi connectivity index (χ1v) is 15.7. The molecule has 0 atom stereocenters. The number of benzene rings is 3. The number of carbonyl (C=O) groups is 2. The van der Waals surface area contributed by atoms with Crippen LogP contribution in [0, 0.1) is 18.3 Å². The minimum Gasteiger partial charge on any atom is -0.491 e. The van der Waals surface area contributed by atoms with Gasteiger partial charge in [0, 0.05) is 29.1 Å². The second-order valence-electron chi connectivity index (χ2n) is 7.60. The molecule has 0 aromatic heterocycles. The third-order valence-corrected chi connectivity index (χ3v) is 4.84. The Balaban J connectivity index is 0.000000926. The summed E-state index contributed by atoms with van der Waals surface area (Å²) in [6.07, 6.45) is 0. The molecular weight excluding hydrogens is 572 g/mol. The molecule has 0 aliphatic rings. The molecule has 0 bridgehead atoms. The number of nitriles is 1. The van der Waals surface area contributed by atoms with Crippen LogP contribution in [0.2, 0.25) is 0 Å². The molecule has 0 radical (unpaired) electrons. The number of hydrogen-bond donors (Lipinski definition) is 2. The smallest absolute Gasteiger partial charge is 0.339 e. The van der Waals surface area contributed by atoms with Crippen molar-refractivity contribution in [3.05, 3.63) is 89.0 Å². The Bertz CT molecular complexity index is 1320. The van der Waals surface area contributed by atoms with E-state index in [4.69, 9.17) is 14.7 Å². The zero-order chi connectivity index (χ0) is 28.1. The molecule has 200 valence electrons. The van der Waals surface area contributed by atoms with Gasteiger partial charge in [-0.25, -0.2) is 0 Å². The highest BCUT2D eigenvalue weighted by atomic mass is 36.0. The van der Waals surface area contributed by atoms with Gasteiger partial charge in [0.25, 0.3) is 11.8 Å². The highest BCUT2D eigenvalue weighted by Gasteiger charge is 2.11. The summed E-state index contributed by atoms with van der Waals surface area (Å²) in [6, 6.07) is 20.5. The van der Waals surface area contributed by atoms with Crippen molar-refractivity contribution in [1.29, 1.82) is 5.26 Å². The molecule has 0 aliphatic carbocycles.